The lowest BCUT2D eigenvalue weighted by Crippen LogP contribution is -2.33. The molecule has 2 aromatic heterocycles. The topological polar surface area (TPSA) is 68.5 Å². The molecule has 0 spiro atoms. The van der Waals surface area contributed by atoms with Crippen molar-refractivity contribution in [3.05, 3.63) is 69.5 Å². The third-order valence-corrected chi connectivity index (χ3v) is 6.27. The quantitative estimate of drug-likeness (QED) is 0.416. The van der Waals surface area contributed by atoms with Gasteiger partial charge in [-0.3, -0.25) is 9.59 Å². The Balaban J connectivity index is 1.39. The third-order valence-electron chi connectivity index (χ3n) is 4.75. The van der Waals surface area contributed by atoms with Crippen molar-refractivity contribution in [2.45, 2.75) is 26.4 Å². The number of rotatable bonds is 6. The standard InChI is InChI=1S/C23H20ClNO4S/c1-13-3-4-17(28-13)5-8-22(27)25-12-18-10-16-9-15(11-19(24)23(16)29-18)21-7-6-20(30-21)14(2)26/h3-9,11,18H,10,12H2,1-2H3,(H,25,27)/b8-5+. The molecule has 1 atom stereocenters. The molecule has 3 aromatic rings. The molecule has 0 saturated heterocycles. The molecule has 1 aliphatic rings. The monoisotopic (exact) mass is 441 g/mol. The zero-order valence-corrected chi connectivity index (χ0v) is 18.1. The Morgan fingerprint density at radius 2 is 2.10 bits per heavy atom. The van der Waals surface area contributed by atoms with Gasteiger partial charge in [0.05, 0.1) is 16.4 Å². The fourth-order valence-electron chi connectivity index (χ4n) is 3.30. The minimum atomic E-state index is -0.217. The van der Waals surface area contributed by atoms with E-state index in [1.165, 1.54) is 17.4 Å². The van der Waals surface area contributed by atoms with E-state index in [9.17, 15) is 9.59 Å². The average Bonchev–Trinajstić information content (AvgIpc) is 3.43. The van der Waals surface area contributed by atoms with E-state index in [4.69, 9.17) is 20.8 Å². The molecule has 0 aliphatic carbocycles. The number of aryl methyl sites for hydroxylation is 1. The number of ether oxygens (including phenoxy) is 1. The fraction of sp³-hybridized carbons (Fsp3) is 0.217. The Morgan fingerprint density at radius 1 is 1.27 bits per heavy atom. The van der Waals surface area contributed by atoms with Crippen LogP contribution in [0.3, 0.4) is 0 Å². The SMILES string of the molecule is CC(=O)c1ccc(-c2cc(Cl)c3c(c2)CC(CNC(=O)/C=C/c2ccc(C)o2)O3)s1. The van der Waals surface area contributed by atoms with Gasteiger partial charge in [0.25, 0.3) is 0 Å². The number of amides is 1. The van der Waals surface area contributed by atoms with Crippen LogP contribution in [0, 0.1) is 6.92 Å². The van der Waals surface area contributed by atoms with Gasteiger partial charge in [0.15, 0.2) is 5.78 Å². The number of carbonyl (C=O) groups is 2. The summed E-state index contributed by atoms with van der Waals surface area (Å²) in [5, 5.41) is 3.38. The summed E-state index contributed by atoms with van der Waals surface area (Å²) in [7, 11) is 0. The summed E-state index contributed by atoms with van der Waals surface area (Å²) in [4.78, 5) is 25.3. The van der Waals surface area contributed by atoms with Crippen LogP contribution in [0.4, 0.5) is 0 Å². The van der Waals surface area contributed by atoms with E-state index in [-0.39, 0.29) is 17.8 Å². The molecule has 5 nitrogen and oxygen atoms in total. The zero-order chi connectivity index (χ0) is 21.3. The molecule has 0 fully saturated rings. The molecule has 1 unspecified atom stereocenters. The van der Waals surface area contributed by atoms with Crippen molar-refractivity contribution in [1.29, 1.82) is 0 Å². The lowest BCUT2D eigenvalue weighted by atomic mass is 10.1. The van der Waals surface area contributed by atoms with Crippen LogP contribution in [0.15, 0.2) is 46.9 Å². The number of nitrogens with one attached hydrogen (secondary N) is 1. The average molecular weight is 442 g/mol. The molecular formula is C23H20ClNO4S. The Kier molecular flexibility index (Phi) is 5.79. The number of halogens is 1. The molecule has 7 heteroatoms. The summed E-state index contributed by atoms with van der Waals surface area (Å²) in [5.41, 5.74) is 1.96. The van der Waals surface area contributed by atoms with Crippen molar-refractivity contribution < 1.29 is 18.7 Å². The van der Waals surface area contributed by atoms with Gasteiger partial charge in [0.2, 0.25) is 5.91 Å². The molecule has 4 rings (SSSR count). The van der Waals surface area contributed by atoms with Crippen molar-refractivity contribution >= 4 is 40.7 Å². The third kappa shape index (κ3) is 4.50. The minimum Gasteiger partial charge on any atom is -0.486 e. The molecule has 30 heavy (non-hydrogen) atoms. The number of fused-ring (bicyclic) bond motifs is 1. The molecule has 3 heterocycles. The van der Waals surface area contributed by atoms with E-state index >= 15 is 0 Å². The van der Waals surface area contributed by atoms with Crippen LogP contribution in [-0.4, -0.2) is 24.3 Å². The Labute approximate surface area is 183 Å². The van der Waals surface area contributed by atoms with E-state index in [0.717, 1.165) is 26.6 Å². The predicted molar refractivity (Wildman–Crippen MR) is 118 cm³/mol. The maximum Gasteiger partial charge on any atom is 0.244 e. The molecule has 154 valence electrons. The first kappa shape index (κ1) is 20.4. The summed E-state index contributed by atoms with van der Waals surface area (Å²) in [6.45, 7) is 3.78. The van der Waals surface area contributed by atoms with E-state index in [1.54, 1.807) is 13.0 Å². The Hall–Kier alpha value is -2.83. The summed E-state index contributed by atoms with van der Waals surface area (Å²) in [6.07, 6.45) is 3.53. The number of hydrogen-bond donors (Lipinski definition) is 1. The van der Waals surface area contributed by atoms with Crippen LogP contribution in [0.5, 0.6) is 5.75 Å². The van der Waals surface area contributed by atoms with Gasteiger partial charge in [0, 0.05) is 22.9 Å². The van der Waals surface area contributed by atoms with Crippen LogP contribution in [-0.2, 0) is 11.2 Å². The summed E-state index contributed by atoms with van der Waals surface area (Å²) in [6, 6.07) is 11.3. The molecule has 0 radical (unpaired) electrons. The number of carbonyl (C=O) groups excluding carboxylic acids is 2. The van der Waals surface area contributed by atoms with Crippen LogP contribution < -0.4 is 10.1 Å². The fourth-order valence-corrected chi connectivity index (χ4v) is 4.47. The van der Waals surface area contributed by atoms with Crippen molar-refractivity contribution in [3.63, 3.8) is 0 Å². The maximum absolute atomic E-state index is 12.1. The van der Waals surface area contributed by atoms with Gasteiger partial charge in [-0.15, -0.1) is 11.3 Å². The second-order valence-corrected chi connectivity index (χ2v) is 8.63. The second-order valence-electron chi connectivity index (χ2n) is 7.14. The van der Waals surface area contributed by atoms with Crippen molar-refractivity contribution in [3.8, 4) is 16.2 Å². The zero-order valence-electron chi connectivity index (χ0n) is 16.5. The highest BCUT2D eigenvalue weighted by Crippen LogP contribution is 2.41. The van der Waals surface area contributed by atoms with Crippen LogP contribution >= 0.6 is 22.9 Å². The van der Waals surface area contributed by atoms with Crippen LogP contribution in [0.1, 0.15) is 33.7 Å². The Morgan fingerprint density at radius 3 is 2.80 bits per heavy atom. The predicted octanol–water partition coefficient (Wildman–Crippen LogP) is 5.31. The number of thiophene rings is 1. The largest absolute Gasteiger partial charge is 0.486 e. The number of furan rings is 1. The number of benzene rings is 1. The van der Waals surface area contributed by atoms with Crippen LogP contribution in [0.25, 0.3) is 16.5 Å². The lowest BCUT2D eigenvalue weighted by molar-refractivity contribution is -0.116. The normalized spacial score (nSPS) is 15.2. The highest BCUT2D eigenvalue weighted by molar-refractivity contribution is 7.17. The van der Waals surface area contributed by atoms with Crippen molar-refractivity contribution in [2.75, 3.05) is 6.54 Å². The molecule has 0 bridgehead atoms. The smallest absolute Gasteiger partial charge is 0.244 e. The summed E-state index contributed by atoms with van der Waals surface area (Å²) < 4.78 is 11.4. The molecule has 1 amide bonds. The van der Waals surface area contributed by atoms with E-state index in [2.05, 4.69) is 5.32 Å². The van der Waals surface area contributed by atoms with Crippen LogP contribution in [0.2, 0.25) is 5.02 Å². The van der Waals surface area contributed by atoms with Gasteiger partial charge < -0.3 is 14.5 Å². The maximum atomic E-state index is 12.1. The highest BCUT2D eigenvalue weighted by Gasteiger charge is 2.26. The lowest BCUT2D eigenvalue weighted by Gasteiger charge is -2.11. The first-order chi connectivity index (χ1) is 14.4. The second kappa shape index (κ2) is 8.50. The van der Waals surface area contributed by atoms with Gasteiger partial charge >= 0.3 is 0 Å². The Bertz CT molecular complexity index is 1140. The number of hydrogen-bond acceptors (Lipinski definition) is 5. The van der Waals surface area contributed by atoms with Gasteiger partial charge in [-0.05, 0) is 61.9 Å². The molecular weight excluding hydrogens is 422 g/mol. The van der Waals surface area contributed by atoms with E-state index in [1.807, 2.05) is 43.3 Å². The van der Waals surface area contributed by atoms with E-state index < -0.39 is 0 Å². The van der Waals surface area contributed by atoms with Crippen molar-refractivity contribution in [2.24, 2.45) is 0 Å². The molecule has 1 aliphatic heterocycles. The van der Waals surface area contributed by atoms with Gasteiger partial charge in [-0.1, -0.05) is 11.6 Å². The summed E-state index contributed by atoms with van der Waals surface area (Å²) >= 11 is 7.89. The minimum absolute atomic E-state index is 0.0499. The molecule has 1 aromatic carbocycles. The van der Waals surface area contributed by atoms with E-state index in [0.29, 0.717) is 29.5 Å². The number of Topliss-reactive ketones (excluding diaryl/α,β-unsaturated/α-hetero) is 1. The first-order valence-electron chi connectivity index (χ1n) is 9.51. The van der Waals surface area contributed by atoms with Gasteiger partial charge in [0.1, 0.15) is 23.4 Å². The summed E-state index contributed by atoms with van der Waals surface area (Å²) in [5.74, 6) is 1.92. The van der Waals surface area contributed by atoms with Gasteiger partial charge in [-0.25, -0.2) is 0 Å². The van der Waals surface area contributed by atoms with Crippen molar-refractivity contribution in [1.82, 2.24) is 5.32 Å². The molecule has 1 N–H and O–H groups in total. The number of ketones is 1. The highest BCUT2D eigenvalue weighted by atomic mass is 35.5. The van der Waals surface area contributed by atoms with Gasteiger partial charge in [-0.2, -0.15) is 0 Å². The first-order valence-corrected chi connectivity index (χ1v) is 10.7. The molecule has 0 saturated carbocycles.